The van der Waals surface area contributed by atoms with Crippen LogP contribution in [0.1, 0.15) is 36.9 Å². The van der Waals surface area contributed by atoms with E-state index in [-0.39, 0.29) is 24.4 Å². The molecule has 0 saturated carbocycles. The zero-order chi connectivity index (χ0) is 11.4. The van der Waals surface area contributed by atoms with Gasteiger partial charge in [0.15, 0.2) is 0 Å². The number of nitrogens with two attached hydrogens (primary N) is 1. The number of furan rings is 1. The van der Waals surface area contributed by atoms with Gasteiger partial charge in [0.2, 0.25) is 0 Å². The SMILES string of the molecule is CC(C)C(C)NC(=O)c1coc(CN)c1.Cl. The number of hydrogen-bond donors (Lipinski definition) is 2. The summed E-state index contributed by atoms with van der Waals surface area (Å²) in [5.41, 5.74) is 5.92. The molecule has 0 saturated heterocycles. The fraction of sp³-hybridized carbons (Fsp3) is 0.545. The first-order valence-electron chi connectivity index (χ1n) is 5.13. The monoisotopic (exact) mass is 246 g/mol. The topological polar surface area (TPSA) is 68.3 Å². The lowest BCUT2D eigenvalue weighted by atomic mass is 10.1. The molecule has 1 aromatic rings. The van der Waals surface area contributed by atoms with Crippen LogP contribution in [-0.4, -0.2) is 11.9 Å². The first kappa shape index (κ1) is 15.0. The molecule has 1 heterocycles. The average molecular weight is 247 g/mol. The van der Waals surface area contributed by atoms with Gasteiger partial charge in [-0.2, -0.15) is 0 Å². The highest BCUT2D eigenvalue weighted by Gasteiger charge is 2.14. The summed E-state index contributed by atoms with van der Waals surface area (Å²) in [6.07, 6.45) is 1.44. The number of halogens is 1. The second kappa shape index (κ2) is 6.55. The third kappa shape index (κ3) is 3.87. The van der Waals surface area contributed by atoms with Gasteiger partial charge in [-0.25, -0.2) is 0 Å². The summed E-state index contributed by atoms with van der Waals surface area (Å²) >= 11 is 0. The van der Waals surface area contributed by atoms with Crippen molar-refractivity contribution >= 4 is 18.3 Å². The van der Waals surface area contributed by atoms with Crippen LogP contribution in [0.4, 0.5) is 0 Å². The number of carbonyl (C=O) groups excluding carboxylic acids is 1. The Balaban J connectivity index is 0.00000225. The Bertz CT molecular complexity index is 336. The first-order chi connectivity index (χ1) is 7.04. The summed E-state index contributed by atoms with van der Waals surface area (Å²) in [7, 11) is 0. The van der Waals surface area contributed by atoms with Crippen molar-refractivity contribution in [3.8, 4) is 0 Å². The molecule has 5 heteroatoms. The minimum Gasteiger partial charge on any atom is -0.467 e. The van der Waals surface area contributed by atoms with Crippen LogP contribution >= 0.6 is 12.4 Å². The summed E-state index contributed by atoms with van der Waals surface area (Å²) in [4.78, 5) is 11.7. The lowest BCUT2D eigenvalue weighted by molar-refractivity contribution is 0.0930. The minimum absolute atomic E-state index is 0. The molecule has 1 rings (SSSR count). The highest BCUT2D eigenvalue weighted by molar-refractivity contribution is 5.94. The van der Waals surface area contributed by atoms with Crippen molar-refractivity contribution in [3.63, 3.8) is 0 Å². The Kier molecular flexibility index (Phi) is 6.14. The van der Waals surface area contributed by atoms with Crippen LogP contribution in [0.25, 0.3) is 0 Å². The van der Waals surface area contributed by atoms with Crippen molar-refractivity contribution < 1.29 is 9.21 Å². The van der Waals surface area contributed by atoms with Crippen molar-refractivity contribution in [2.75, 3.05) is 0 Å². The predicted octanol–water partition coefficient (Wildman–Crippen LogP) is 1.93. The van der Waals surface area contributed by atoms with E-state index in [2.05, 4.69) is 19.2 Å². The van der Waals surface area contributed by atoms with Gasteiger partial charge in [-0.3, -0.25) is 4.79 Å². The normalized spacial score (nSPS) is 12.1. The lowest BCUT2D eigenvalue weighted by Gasteiger charge is -2.16. The lowest BCUT2D eigenvalue weighted by Crippen LogP contribution is -2.35. The van der Waals surface area contributed by atoms with Crippen LogP contribution in [0.15, 0.2) is 16.7 Å². The Labute approximate surface area is 102 Å². The summed E-state index contributed by atoms with van der Waals surface area (Å²) in [6, 6.07) is 1.82. The van der Waals surface area contributed by atoms with Crippen LogP contribution in [0, 0.1) is 5.92 Å². The molecule has 3 N–H and O–H groups in total. The molecule has 0 radical (unpaired) electrons. The Morgan fingerprint density at radius 3 is 2.56 bits per heavy atom. The average Bonchev–Trinajstić information content (AvgIpc) is 2.65. The third-order valence-electron chi connectivity index (χ3n) is 2.48. The fourth-order valence-electron chi connectivity index (χ4n) is 1.06. The maximum Gasteiger partial charge on any atom is 0.254 e. The van der Waals surface area contributed by atoms with Crippen molar-refractivity contribution in [2.45, 2.75) is 33.4 Å². The predicted molar refractivity (Wildman–Crippen MR) is 65.6 cm³/mol. The van der Waals surface area contributed by atoms with Gasteiger partial charge in [0.1, 0.15) is 12.0 Å². The summed E-state index contributed by atoms with van der Waals surface area (Å²) < 4.78 is 5.09. The van der Waals surface area contributed by atoms with Crippen molar-refractivity contribution in [1.29, 1.82) is 0 Å². The van der Waals surface area contributed by atoms with Crippen LogP contribution in [-0.2, 0) is 6.54 Å². The summed E-state index contributed by atoms with van der Waals surface area (Å²) in [6.45, 7) is 6.41. The molecular formula is C11H19ClN2O2. The zero-order valence-corrected chi connectivity index (χ0v) is 10.6. The molecule has 0 aliphatic rings. The van der Waals surface area contributed by atoms with E-state index in [0.29, 0.717) is 23.8 Å². The Hall–Kier alpha value is -1.00. The Morgan fingerprint density at radius 1 is 1.50 bits per heavy atom. The van der Waals surface area contributed by atoms with E-state index in [0.717, 1.165) is 0 Å². The maximum absolute atomic E-state index is 11.7. The highest BCUT2D eigenvalue weighted by Crippen LogP contribution is 2.08. The van der Waals surface area contributed by atoms with Gasteiger partial charge < -0.3 is 15.5 Å². The molecule has 92 valence electrons. The quantitative estimate of drug-likeness (QED) is 0.853. The second-order valence-corrected chi connectivity index (χ2v) is 4.01. The van der Waals surface area contributed by atoms with E-state index in [4.69, 9.17) is 10.2 Å². The molecule has 0 fully saturated rings. The minimum atomic E-state index is -0.111. The van der Waals surface area contributed by atoms with E-state index in [1.165, 1.54) is 6.26 Å². The first-order valence-corrected chi connectivity index (χ1v) is 5.13. The van der Waals surface area contributed by atoms with Gasteiger partial charge in [-0.1, -0.05) is 13.8 Å². The third-order valence-corrected chi connectivity index (χ3v) is 2.48. The standard InChI is InChI=1S/C11H18N2O2.ClH/c1-7(2)8(3)13-11(14)9-4-10(5-12)15-6-9;/h4,6-8H,5,12H2,1-3H3,(H,13,14);1H. The molecule has 1 unspecified atom stereocenters. The van der Waals surface area contributed by atoms with Gasteiger partial charge in [0.05, 0.1) is 12.1 Å². The smallest absolute Gasteiger partial charge is 0.254 e. The fourth-order valence-corrected chi connectivity index (χ4v) is 1.06. The van der Waals surface area contributed by atoms with Crippen LogP contribution in [0.3, 0.4) is 0 Å². The van der Waals surface area contributed by atoms with Crippen LogP contribution < -0.4 is 11.1 Å². The molecule has 4 nitrogen and oxygen atoms in total. The van der Waals surface area contributed by atoms with Crippen molar-refractivity contribution in [3.05, 3.63) is 23.7 Å². The van der Waals surface area contributed by atoms with Gasteiger partial charge in [0.25, 0.3) is 5.91 Å². The van der Waals surface area contributed by atoms with Gasteiger partial charge in [0, 0.05) is 6.04 Å². The number of carbonyl (C=O) groups is 1. The number of nitrogens with one attached hydrogen (secondary N) is 1. The van der Waals surface area contributed by atoms with E-state index >= 15 is 0 Å². The molecule has 16 heavy (non-hydrogen) atoms. The molecule has 0 spiro atoms. The molecule has 0 aromatic carbocycles. The van der Waals surface area contributed by atoms with Gasteiger partial charge >= 0.3 is 0 Å². The number of hydrogen-bond acceptors (Lipinski definition) is 3. The van der Waals surface area contributed by atoms with E-state index in [9.17, 15) is 4.79 Å². The second-order valence-electron chi connectivity index (χ2n) is 4.01. The molecule has 0 bridgehead atoms. The van der Waals surface area contributed by atoms with E-state index in [1.54, 1.807) is 6.07 Å². The zero-order valence-electron chi connectivity index (χ0n) is 9.82. The van der Waals surface area contributed by atoms with Gasteiger partial charge in [-0.15, -0.1) is 12.4 Å². The molecule has 0 aliphatic heterocycles. The maximum atomic E-state index is 11.7. The largest absolute Gasteiger partial charge is 0.467 e. The number of rotatable bonds is 4. The van der Waals surface area contributed by atoms with Crippen molar-refractivity contribution in [1.82, 2.24) is 5.32 Å². The van der Waals surface area contributed by atoms with Gasteiger partial charge in [-0.05, 0) is 18.9 Å². The molecule has 1 atom stereocenters. The Morgan fingerprint density at radius 2 is 2.12 bits per heavy atom. The van der Waals surface area contributed by atoms with E-state index < -0.39 is 0 Å². The molecule has 0 aliphatic carbocycles. The molecule has 1 aromatic heterocycles. The number of amides is 1. The summed E-state index contributed by atoms with van der Waals surface area (Å²) in [5, 5.41) is 2.89. The van der Waals surface area contributed by atoms with Crippen LogP contribution in [0.5, 0.6) is 0 Å². The van der Waals surface area contributed by atoms with Crippen LogP contribution in [0.2, 0.25) is 0 Å². The summed E-state index contributed by atoms with van der Waals surface area (Å²) in [5.74, 6) is 0.923. The highest BCUT2D eigenvalue weighted by atomic mass is 35.5. The molecule has 1 amide bonds. The van der Waals surface area contributed by atoms with Crippen molar-refractivity contribution in [2.24, 2.45) is 11.7 Å². The molecular weight excluding hydrogens is 228 g/mol. The van der Waals surface area contributed by atoms with E-state index in [1.807, 2.05) is 6.92 Å².